The molecule has 1 aromatic rings. The molecule has 1 fully saturated rings. The predicted octanol–water partition coefficient (Wildman–Crippen LogP) is 3.42. The molecule has 0 heterocycles. The van der Waals surface area contributed by atoms with E-state index in [1.54, 1.807) is 12.1 Å². The van der Waals surface area contributed by atoms with Gasteiger partial charge in [0.05, 0.1) is 5.56 Å². The normalized spacial score (nSPS) is 25.1. The van der Waals surface area contributed by atoms with Crippen LogP contribution in [0.5, 0.6) is 0 Å². The summed E-state index contributed by atoms with van der Waals surface area (Å²) in [6, 6.07) is 9.23. The molecule has 0 saturated heterocycles. The molecule has 86 valence electrons. The molecule has 1 saturated carbocycles. The highest BCUT2D eigenvalue weighted by atomic mass is 16.5. The second kappa shape index (κ2) is 5.15. The van der Waals surface area contributed by atoms with Gasteiger partial charge in [0.15, 0.2) is 0 Å². The van der Waals surface area contributed by atoms with Crippen LogP contribution in [0.2, 0.25) is 0 Å². The van der Waals surface area contributed by atoms with Crippen LogP contribution in [0, 0.1) is 5.92 Å². The lowest BCUT2D eigenvalue weighted by molar-refractivity contribution is 0.0155. The molecule has 2 nitrogen and oxygen atoms in total. The van der Waals surface area contributed by atoms with E-state index in [9.17, 15) is 4.79 Å². The quantitative estimate of drug-likeness (QED) is 0.711. The van der Waals surface area contributed by atoms with E-state index < -0.39 is 0 Å². The Morgan fingerprint density at radius 2 is 2.00 bits per heavy atom. The van der Waals surface area contributed by atoms with Gasteiger partial charge < -0.3 is 4.74 Å². The zero-order valence-corrected chi connectivity index (χ0v) is 9.69. The van der Waals surface area contributed by atoms with Gasteiger partial charge in [0, 0.05) is 0 Å². The van der Waals surface area contributed by atoms with Gasteiger partial charge in [-0.15, -0.1) is 0 Å². The monoisotopic (exact) mass is 218 g/mol. The third kappa shape index (κ3) is 2.84. The standard InChI is InChI=1S/C14H18O2/c1-11-6-5-9-13(10-11)16-14(15)12-7-3-2-4-8-12/h2-4,7-8,11,13H,5-6,9-10H2,1H3/t11-,13+/m1/s1. The number of benzene rings is 1. The molecule has 2 rings (SSSR count). The summed E-state index contributed by atoms with van der Waals surface area (Å²) in [7, 11) is 0. The maximum absolute atomic E-state index is 11.8. The van der Waals surface area contributed by atoms with Crippen molar-refractivity contribution in [2.24, 2.45) is 5.92 Å². The van der Waals surface area contributed by atoms with Gasteiger partial charge in [0.2, 0.25) is 0 Å². The number of ether oxygens (including phenoxy) is 1. The van der Waals surface area contributed by atoms with Gasteiger partial charge in [0.1, 0.15) is 6.10 Å². The predicted molar refractivity (Wildman–Crippen MR) is 63.3 cm³/mol. The summed E-state index contributed by atoms with van der Waals surface area (Å²) >= 11 is 0. The van der Waals surface area contributed by atoms with Crippen molar-refractivity contribution < 1.29 is 9.53 Å². The molecule has 0 amide bonds. The summed E-state index contributed by atoms with van der Waals surface area (Å²) in [6.07, 6.45) is 4.59. The zero-order valence-electron chi connectivity index (χ0n) is 9.69. The van der Waals surface area contributed by atoms with Gasteiger partial charge >= 0.3 is 5.97 Å². The Kier molecular flexibility index (Phi) is 3.60. The van der Waals surface area contributed by atoms with E-state index in [1.807, 2.05) is 18.2 Å². The molecule has 16 heavy (non-hydrogen) atoms. The highest BCUT2D eigenvalue weighted by Crippen LogP contribution is 2.26. The van der Waals surface area contributed by atoms with Crippen molar-refractivity contribution in [2.45, 2.75) is 38.7 Å². The molecule has 1 aliphatic rings. The largest absolute Gasteiger partial charge is 0.459 e. The molecular weight excluding hydrogens is 200 g/mol. The van der Waals surface area contributed by atoms with E-state index in [-0.39, 0.29) is 12.1 Å². The van der Waals surface area contributed by atoms with Crippen LogP contribution in [0.25, 0.3) is 0 Å². The molecular formula is C14H18O2. The lowest BCUT2D eigenvalue weighted by atomic mass is 9.89. The van der Waals surface area contributed by atoms with Gasteiger partial charge in [-0.3, -0.25) is 0 Å². The highest BCUT2D eigenvalue weighted by Gasteiger charge is 2.22. The number of rotatable bonds is 2. The average Bonchev–Trinajstić information content (AvgIpc) is 2.30. The van der Waals surface area contributed by atoms with E-state index in [0.717, 1.165) is 12.8 Å². The molecule has 2 heteroatoms. The molecule has 1 aromatic carbocycles. The molecule has 0 unspecified atom stereocenters. The highest BCUT2D eigenvalue weighted by molar-refractivity contribution is 5.89. The van der Waals surface area contributed by atoms with Gasteiger partial charge in [-0.2, -0.15) is 0 Å². The number of carbonyl (C=O) groups is 1. The Morgan fingerprint density at radius 3 is 2.69 bits per heavy atom. The van der Waals surface area contributed by atoms with Gasteiger partial charge in [-0.25, -0.2) is 4.79 Å². The van der Waals surface area contributed by atoms with Crippen molar-refractivity contribution in [3.05, 3.63) is 35.9 Å². The van der Waals surface area contributed by atoms with Crippen molar-refractivity contribution in [3.8, 4) is 0 Å². The Morgan fingerprint density at radius 1 is 1.25 bits per heavy atom. The summed E-state index contributed by atoms with van der Waals surface area (Å²) in [6.45, 7) is 2.22. The Hall–Kier alpha value is -1.31. The Labute approximate surface area is 96.6 Å². The van der Waals surface area contributed by atoms with E-state index in [2.05, 4.69) is 6.92 Å². The van der Waals surface area contributed by atoms with Crippen LogP contribution in [0.15, 0.2) is 30.3 Å². The van der Waals surface area contributed by atoms with E-state index in [1.165, 1.54) is 12.8 Å². The second-order valence-corrected chi connectivity index (χ2v) is 4.67. The van der Waals surface area contributed by atoms with Crippen molar-refractivity contribution in [1.82, 2.24) is 0 Å². The molecule has 2 atom stereocenters. The third-order valence-electron chi connectivity index (χ3n) is 3.17. The summed E-state index contributed by atoms with van der Waals surface area (Å²) in [5, 5.41) is 0. The summed E-state index contributed by atoms with van der Waals surface area (Å²) in [5.41, 5.74) is 0.653. The molecule has 0 bridgehead atoms. The Balaban J connectivity index is 1.92. The smallest absolute Gasteiger partial charge is 0.338 e. The van der Waals surface area contributed by atoms with E-state index >= 15 is 0 Å². The lowest BCUT2D eigenvalue weighted by Gasteiger charge is -2.26. The Bertz CT molecular complexity index is 345. The number of hydrogen-bond acceptors (Lipinski definition) is 2. The number of esters is 1. The van der Waals surface area contributed by atoms with Crippen LogP contribution >= 0.6 is 0 Å². The minimum atomic E-state index is -0.181. The molecule has 0 radical (unpaired) electrons. The maximum atomic E-state index is 11.8. The van der Waals surface area contributed by atoms with Gasteiger partial charge in [-0.05, 0) is 37.3 Å². The second-order valence-electron chi connectivity index (χ2n) is 4.67. The van der Waals surface area contributed by atoms with Gasteiger partial charge in [-0.1, -0.05) is 31.5 Å². The fourth-order valence-electron chi connectivity index (χ4n) is 2.28. The SMILES string of the molecule is C[C@@H]1CCC[C@H](OC(=O)c2ccccc2)C1. The van der Waals surface area contributed by atoms with Crippen LogP contribution in [-0.2, 0) is 4.74 Å². The molecule has 0 aliphatic heterocycles. The molecule has 1 aliphatic carbocycles. The first-order valence-electron chi connectivity index (χ1n) is 6.01. The fourth-order valence-corrected chi connectivity index (χ4v) is 2.28. The molecule has 0 spiro atoms. The van der Waals surface area contributed by atoms with Crippen LogP contribution in [0.4, 0.5) is 0 Å². The average molecular weight is 218 g/mol. The topological polar surface area (TPSA) is 26.3 Å². The minimum Gasteiger partial charge on any atom is -0.459 e. The van der Waals surface area contributed by atoms with Crippen molar-refractivity contribution in [2.75, 3.05) is 0 Å². The summed E-state index contributed by atoms with van der Waals surface area (Å²) in [5.74, 6) is 0.502. The van der Waals surface area contributed by atoms with Crippen LogP contribution in [0.1, 0.15) is 43.0 Å². The van der Waals surface area contributed by atoms with Gasteiger partial charge in [0.25, 0.3) is 0 Å². The third-order valence-corrected chi connectivity index (χ3v) is 3.17. The van der Waals surface area contributed by atoms with E-state index in [4.69, 9.17) is 4.74 Å². The first kappa shape index (κ1) is 11.2. The molecule has 0 N–H and O–H groups in total. The van der Waals surface area contributed by atoms with Crippen LogP contribution in [-0.4, -0.2) is 12.1 Å². The van der Waals surface area contributed by atoms with E-state index in [0.29, 0.717) is 11.5 Å². The summed E-state index contributed by atoms with van der Waals surface area (Å²) < 4.78 is 5.51. The first-order valence-corrected chi connectivity index (χ1v) is 6.01. The summed E-state index contributed by atoms with van der Waals surface area (Å²) in [4.78, 5) is 11.8. The zero-order chi connectivity index (χ0) is 11.4. The molecule has 0 aromatic heterocycles. The van der Waals surface area contributed by atoms with Crippen LogP contribution in [0.3, 0.4) is 0 Å². The van der Waals surface area contributed by atoms with Crippen LogP contribution < -0.4 is 0 Å². The minimum absolute atomic E-state index is 0.122. The number of hydrogen-bond donors (Lipinski definition) is 0. The lowest BCUT2D eigenvalue weighted by Crippen LogP contribution is -2.24. The number of carbonyl (C=O) groups excluding carboxylic acids is 1. The fraction of sp³-hybridized carbons (Fsp3) is 0.500. The van der Waals surface area contributed by atoms with Crippen molar-refractivity contribution >= 4 is 5.97 Å². The van der Waals surface area contributed by atoms with Crippen molar-refractivity contribution in [1.29, 1.82) is 0 Å². The maximum Gasteiger partial charge on any atom is 0.338 e. The first-order chi connectivity index (χ1) is 7.75. The van der Waals surface area contributed by atoms with Crippen molar-refractivity contribution in [3.63, 3.8) is 0 Å².